The molecule has 23 heavy (non-hydrogen) atoms. The number of anilines is 2. The van der Waals surface area contributed by atoms with Crippen LogP contribution in [0, 0.1) is 6.92 Å². The van der Waals surface area contributed by atoms with E-state index in [0.29, 0.717) is 11.4 Å². The molecule has 0 aliphatic carbocycles. The van der Waals surface area contributed by atoms with Crippen LogP contribution >= 0.6 is 0 Å². The minimum atomic E-state index is -0.313. The Kier molecular flexibility index (Phi) is 5.51. The van der Waals surface area contributed by atoms with Gasteiger partial charge in [0.25, 0.3) is 5.91 Å². The van der Waals surface area contributed by atoms with Crippen LogP contribution in [-0.2, 0) is 0 Å². The molecule has 6 heteroatoms. The van der Waals surface area contributed by atoms with E-state index < -0.39 is 0 Å². The third-order valence-electron chi connectivity index (χ3n) is 3.57. The number of rotatable bonds is 6. The Morgan fingerprint density at radius 2 is 1.91 bits per heavy atom. The maximum absolute atomic E-state index is 12.3. The number of methoxy groups -OCH3 is 1. The molecule has 122 valence electrons. The van der Waals surface area contributed by atoms with Gasteiger partial charge < -0.3 is 15.0 Å². The molecule has 6 nitrogen and oxygen atoms in total. The first-order valence-electron chi connectivity index (χ1n) is 7.63. The zero-order valence-electron chi connectivity index (χ0n) is 14.0. The average Bonchev–Trinajstić information content (AvgIpc) is 2.57. The molecule has 0 radical (unpaired) electrons. The zero-order chi connectivity index (χ0) is 16.8. The van der Waals surface area contributed by atoms with E-state index in [9.17, 15) is 4.79 Å². The largest absolute Gasteiger partial charge is 0.495 e. The number of benzene rings is 1. The molecule has 0 unspecified atom stereocenters. The molecule has 1 N–H and O–H groups in total. The zero-order valence-corrected chi connectivity index (χ0v) is 14.0. The van der Waals surface area contributed by atoms with E-state index in [1.54, 1.807) is 13.2 Å². The standard InChI is InChI=1S/C17H22N4O2/c1-5-21(6-2)16-10-8-13(19-20-16)17(22)18-14-11-12(3)7-9-15(14)23-4/h7-11H,5-6H2,1-4H3,(H,18,22). The van der Waals surface area contributed by atoms with Crippen LogP contribution in [0.5, 0.6) is 5.75 Å². The summed E-state index contributed by atoms with van der Waals surface area (Å²) in [6, 6.07) is 9.09. The highest BCUT2D eigenvalue weighted by Crippen LogP contribution is 2.25. The van der Waals surface area contributed by atoms with Crippen molar-refractivity contribution in [3.05, 3.63) is 41.6 Å². The van der Waals surface area contributed by atoms with Gasteiger partial charge in [0.2, 0.25) is 0 Å². The smallest absolute Gasteiger partial charge is 0.276 e. The number of ether oxygens (including phenoxy) is 1. The lowest BCUT2D eigenvalue weighted by molar-refractivity contribution is 0.102. The van der Waals surface area contributed by atoms with Gasteiger partial charge in [-0.05, 0) is 50.6 Å². The fourth-order valence-corrected chi connectivity index (χ4v) is 2.27. The summed E-state index contributed by atoms with van der Waals surface area (Å²) in [7, 11) is 1.57. The summed E-state index contributed by atoms with van der Waals surface area (Å²) in [6.45, 7) is 7.74. The number of aromatic nitrogens is 2. The van der Waals surface area contributed by atoms with Crippen molar-refractivity contribution in [3.63, 3.8) is 0 Å². The summed E-state index contributed by atoms with van der Waals surface area (Å²) >= 11 is 0. The van der Waals surface area contributed by atoms with Crippen LogP contribution in [0.1, 0.15) is 29.9 Å². The molecule has 0 spiro atoms. The van der Waals surface area contributed by atoms with Gasteiger partial charge in [-0.15, -0.1) is 10.2 Å². The van der Waals surface area contributed by atoms with E-state index in [1.165, 1.54) is 0 Å². The number of aryl methyl sites for hydroxylation is 1. The molecular formula is C17H22N4O2. The fourth-order valence-electron chi connectivity index (χ4n) is 2.27. The number of carbonyl (C=O) groups is 1. The van der Waals surface area contributed by atoms with Crippen LogP contribution in [-0.4, -0.2) is 36.3 Å². The van der Waals surface area contributed by atoms with Crippen molar-refractivity contribution in [1.82, 2.24) is 10.2 Å². The quantitative estimate of drug-likeness (QED) is 0.888. The minimum Gasteiger partial charge on any atom is -0.495 e. The van der Waals surface area contributed by atoms with Crippen molar-refractivity contribution in [1.29, 1.82) is 0 Å². The maximum Gasteiger partial charge on any atom is 0.276 e. The van der Waals surface area contributed by atoms with Gasteiger partial charge in [0, 0.05) is 13.1 Å². The maximum atomic E-state index is 12.3. The molecule has 0 saturated carbocycles. The predicted octanol–water partition coefficient (Wildman–Crippen LogP) is 2.89. The Morgan fingerprint density at radius 3 is 2.48 bits per heavy atom. The lowest BCUT2D eigenvalue weighted by Crippen LogP contribution is -2.24. The monoisotopic (exact) mass is 314 g/mol. The van der Waals surface area contributed by atoms with Gasteiger partial charge in [-0.1, -0.05) is 6.07 Å². The average molecular weight is 314 g/mol. The normalized spacial score (nSPS) is 10.3. The molecule has 0 saturated heterocycles. The van der Waals surface area contributed by atoms with Crippen LogP contribution in [0.3, 0.4) is 0 Å². The molecule has 1 amide bonds. The first-order chi connectivity index (χ1) is 11.1. The van der Waals surface area contributed by atoms with Crippen molar-refractivity contribution in [2.75, 3.05) is 30.4 Å². The highest BCUT2D eigenvalue weighted by atomic mass is 16.5. The molecule has 0 fully saturated rings. The van der Waals surface area contributed by atoms with Crippen LogP contribution in [0.4, 0.5) is 11.5 Å². The summed E-state index contributed by atoms with van der Waals surface area (Å²) < 4.78 is 5.26. The second kappa shape index (κ2) is 7.58. The number of hydrogen-bond acceptors (Lipinski definition) is 5. The summed E-state index contributed by atoms with van der Waals surface area (Å²) in [5.74, 6) is 1.06. The van der Waals surface area contributed by atoms with Crippen molar-refractivity contribution < 1.29 is 9.53 Å². The molecule has 1 aromatic heterocycles. The van der Waals surface area contributed by atoms with Gasteiger partial charge >= 0.3 is 0 Å². The van der Waals surface area contributed by atoms with Crippen molar-refractivity contribution >= 4 is 17.4 Å². The van der Waals surface area contributed by atoms with Crippen molar-refractivity contribution in [3.8, 4) is 5.75 Å². The van der Waals surface area contributed by atoms with E-state index in [-0.39, 0.29) is 11.6 Å². The van der Waals surface area contributed by atoms with E-state index in [1.807, 2.05) is 31.2 Å². The first kappa shape index (κ1) is 16.7. The lowest BCUT2D eigenvalue weighted by atomic mass is 10.2. The van der Waals surface area contributed by atoms with Crippen molar-refractivity contribution in [2.45, 2.75) is 20.8 Å². The third-order valence-corrected chi connectivity index (χ3v) is 3.57. The SMILES string of the molecule is CCN(CC)c1ccc(C(=O)Nc2cc(C)ccc2OC)nn1. The van der Waals surface area contributed by atoms with Crippen LogP contribution < -0.4 is 15.0 Å². The Hall–Kier alpha value is -2.63. The van der Waals surface area contributed by atoms with Crippen LogP contribution in [0.15, 0.2) is 30.3 Å². The summed E-state index contributed by atoms with van der Waals surface area (Å²) in [6.07, 6.45) is 0. The summed E-state index contributed by atoms with van der Waals surface area (Å²) in [5, 5.41) is 11.0. The second-order valence-electron chi connectivity index (χ2n) is 5.11. The Morgan fingerprint density at radius 1 is 1.17 bits per heavy atom. The van der Waals surface area contributed by atoms with Crippen molar-refractivity contribution in [2.24, 2.45) is 0 Å². The van der Waals surface area contributed by atoms with E-state index >= 15 is 0 Å². The van der Waals surface area contributed by atoms with Crippen LogP contribution in [0.25, 0.3) is 0 Å². The second-order valence-corrected chi connectivity index (χ2v) is 5.11. The Balaban J connectivity index is 2.17. The molecule has 0 bridgehead atoms. The molecule has 0 aliphatic heterocycles. The number of nitrogens with one attached hydrogen (secondary N) is 1. The highest BCUT2D eigenvalue weighted by Gasteiger charge is 2.13. The lowest BCUT2D eigenvalue weighted by Gasteiger charge is -2.18. The van der Waals surface area contributed by atoms with Gasteiger partial charge in [-0.3, -0.25) is 4.79 Å². The molecule has 0 aliphatic rings. The molecule has 1 aromatic carbocycles. The first-order valence-corrected chi connectivity index (χ1v) is 7.63. The Bertz CT molecular complexity index is 667. The van der Waals surface area contributed by atoms with Gasteiger partial charge in [0.1, 0.15) is 5.75 Å². The molecule has 2 aromatic rings. The number of amides is 1. The van der Waals surface area contributed by atoms with Gasteiger partial charge in [0.15, 0.2) is 11.5 Å². The topological polar surface area (TPSA) is 67.4 Å². The number of nitrogens with zero attached hydrogens (tertiary/aromatic N) is 3. The predicted molar refractivity (Wildman–Crippen MR) is 91.3 cm³/mol. The van der Waals surface area contributed by atoms with Gasteiger partial charge in [-0.25, -0.2) is 0 Å². The Labute approximate surface area is 136 Å². The minimum absolute atomic E-state index is 0.268. The summed E-state index contributed by atoms with van der Waals surface area (Å²) in [5.41, 5.74) is 1.92. The molecule has 1 heterocycles. The highest BCUT2D eigenvalue weighted by molar-refractivity contribution is 6.03. The summed E-state index contributed by atoms with van der Waals surface area (Å²) in [4.78, 5) is 14.4. The fraction of sp³-hybridized carbons (Fsp3) is 0.353. The van der Waals surface area contributed by atoms with Gasteiger partial charge in [0.05, 0.1) is 12.8 Å². The van der Waals surface area contributed by atoms with E-state index in [0.717, 1.165) is 24.5 Å². The van der Waals surface area contributed by atoms with Crippen LogP contribution in [0.2, 0.25) is 0 Å². The number of carbonyl (C=O) groups excluding carboxylic acids is 1. The molecule has 2 rings (SSSR count). The molecular weight excluding hydrogens is 292 g/mol. The third kappa shape index (κ3) is 3.97. The number of hydrogen-bond donors (Lipinski definition) is 1. The van der Waals surface area contributed by atoms with Gasteiger partial charge in [-0.2, -0.15) is 0 Å². The molecule has 0 atom stereocenters. The van der Waals surface area contributed by atoms with E-state index in [2.05, 4.69) is 34.3 Å². The van der Waals surface area contributed by atoms with E-state index in [4.69, 9.17) is 4.74 Å².